The van der Waals surface area contributed by atoms with Gasteiger partial charge in [-0.1, -0.05) is 29.8 Å². The van der Waals surface area contributed by atoms with E-state index in [0.717, 1.165) is 5.56 Å². The molecule has 0 aliphatic carbocycles. The van der Waals surface area contributed by atoms with E-state index in [4.69, 9.17) is 11.6 Å². The summed E-state index contributed by atoms with van der Waals surface area (Å²) < 4.78 is 0. The zero-order chi connectivity index (χ0) is 19.1. The number of hydrogen-bond acceptors (Lipinski definition) is 4. The molecule has 0 atom stereocenters. The fourth-order valence-corrected chi connectivity index (χ4v) is 2.40. The Kier molecular flexibility index (Phi) is 6.74. The topological polar surface area (TPSA) is 90.8 Å². The zero-order valence-corrected chi connectivity index (χ0v) is 15.3. The van der Waals surface area contributed by atoms with Gasteiger partial charge in [-0.2, -0.15) is 5.10 Å². The van der Waals surface area contributed by atoms with Crippen LogP contribution in [0.25, 0.3) is 0 Å². The summed E-state index contributed by atoms with van der Waals surface area (Å²) in [6, 6.07) is 11.9. The summed E-state index contributed by atoms with van der Waals surface area (Å²) in [7, 11) is 0. The Labute approximate surface area is 156 Å². The molecule has 0 saturated carbocycles. The molecule has 0 radical (unpaired) electrons. The fraction of sp³-hybridized carbons (Fsp3) is 0.211. The molecule has 0 heterocycles. The van der Waals surface area contributed by atoms with Gasteiger partial charge in [0.15, 0.2) is 0 Å². The van der Waals surface area contributed by atoms with Gasteiger partial charge in [0.1, 0.15) is 5.75 Å². The normalized spacial score (nSPS) is 11.1. The number of phenols is 1. The van der Waals surface area contributed by atoms with Crippen molar-refractivity contribution < 1.29 is 14.7 Å². The zero-order valence-electron chi connectivity index (χ0n) is 14.5. The van der Waals surface area contributed by atoms with Crippen LogP contribution in [0.15, 0.2) is 47.6 Å². The number of phenolic OH excluding ortho intramolecular Hbond substituents is 1. The molecule has 0 aromatic heterocycles. The van der Waals surface area contributed by atoms with E-state index in [0.29, 0.717) is 22.0 Å². The van der Waals surface area contributed by atoms with E-state index in [-0.39, 0.29) is 24.5 Å². The number of nitrogens with one attached hydrogen (secondary N) is 2. The second-order valence-electron chi connectivity index (χ2n) is 5.71. The number of hydrogen-bond donors (Lipinski definition) is 3. The van der Waals surface area contributed by atoms with Gasteiger partial charge in [0.25, 0.3) is 0 Å². The van der Waals surface area contributed by atoms with Crippen LogP contribution in [0, 0.1) is 6.92 Å². The van der Waals surface area contributed by atoms with Gasteiger partial charge in [-0.3, -0.25) is 9.59 Å². The highest BCUT2D eigenvalue weighted by atomic mass is 35.5. The van der Waals surface area contributed by atoms with Crippen LogP contribution >= 0.6 is 11.6 Å². The highest BCUT2D eigenvalue weighted by Gasteiger charge is 2.10. The first kappa shape index (κ1) is 19.5. The lowest BCUT2D eigenvalue weighted by molar-refractivity contribution is -0.124. The maximum atomic E-state index is 12.0. The van der Waals surface area contributed by atoms with Crippen LogP contribution in [0.4, 0.5) is 5.69 Å². The number of halogens is 1. The van der Waals surface area contributed by atoms with E-state index in [1.807, 2.05) is 0 Å². The van der Waals surface area contributed by atoms with Gasteiger partial charge in [-0.05, 0) is 43.7 Å². The monoisotopic (exact) mass is 373 g/mol. The Hall–Kier alpha value is -2.86. The molecular weight excluding hydrogens is 354 g/mol. The molecule has 2 aromatic carbocycles. The summed E-state index contributed by atoms with van der Waals surface area (Å²) >= 11 is 6.01. The highest BCUT2D eigenvalue weighted by molar-refractivity contribution is 6.31. The van der Waals surface area contributed by atoms with Crippen LogP contribution in [-0.2, 0) is 9.59 Å². The summed E-state index contributed by atoms with van der Waals surface area (Å²) in [5, 5.41) is 17.0. The Bertz CT molecular complexity index is 850. The Balaban J connectivity index is 1.85. The SMILES string of the molecule is C/C(=N/NC(=O)CCC(=O)Nc1cccc(Cl)c1C)c1ccccc1O. The maximum absolute atomic E-state index is 12.0. The number of amides is 2. The van der Waals surface area contributed by atoms with Crippen LogP contribution in [-0.4, -0.2) is 22.6 Å². The first-order valence-electron chi connectivity index (χ1n) is 8.05. The number of aromatic hydroxyl groups is 1. The van der Waals surface area contributed by atoms with Crippen molar-refractivity contribution in [2.24, 2.45) is 5.10 Å². The third-order valence-corrected chi connectivity index (χ3v) is 4.17. The van der Waals surface area contributed by atoms with Gasteiger partial charge >= 0.3 is 0 Å². The molecular formula is C19H20ClN3O3. The molecule has 0 saturated heterocycles. The molecule has 3 N–H and O–H groups in total. The number of benzene rings is 2. The van der Waals surface area contributed by atoms with Crippen molar-refractivity contribution in [3.05, 3.63) is 58.6 Å². The third-order valence-electron chi connectivity index (χ3n) is 3.76. The molecule has 0 spiro atoms. The first-order valence-corrected chi connectivity index (χ1v) is 8.42. The molecule has 7 heteroatoms. The first-order chi connectivity index (χ1) is 12.4. The van der Waals surface area contributed by atoms with Crippen LogP contribution in [0.5, 0.6) is 5.75 Å². The maximum Gasteiger partial charge on any atom is 0.240 e. The van der Waals surface area contributed by atoms with Crippen LogP contribution in [0.3, 0.4) is 0 Å². The second-order valence-corrected chi connectivity index (χ2v) is 6.12. The van der Waals surface area contributed by atoms with E-state index in [2.05, 4.69) is 15.8 Å². The predicted octanol–water partition coefficient (Wildman–Crippen LogP) is 3.61. The molecule has 0 unspecified atom stereocenters. The molecule has 26 heavy (non-hydrogen) atoms. The lowest BCUT2D eigenvalue weighted by atomic mass is 10.1. The third kappa shape index (κ3) is 5.32. The molecule has 0 aliphatic rings. The van der Waals surface area contributed by atoms with E-state index in [9.17, 15) is 14.7 Å². The predicted molar refractivity (Wildman–Crippen MR) is 103 cm³/mol. The highest BCUT2D eigenvalue weighted by Crippen LogP contribution is 2.23. The van der Waals surface area contributed by atoms with E-state index >= 15 is 0 Å². The quantitative estimate of drug-likeness (QED) is 0.533. The van der Waals surface area contributed by atoms with Gasteiger partial charge in [0.2, 0.25) is 11.8 Å². The lowest BCUT2D eigenvalue weighted by Crippen LogP contribution is -2.22. The Morgan fingerprint density at radius 2 is 1.77 bits per heavy atom. The Morgan fingerprint density at radius 1 is 1.08 bits per heavy atom. The average Bonchev–Trinajstić information content (AvgIpc) is 2.62. The minimum absolute atomic E-state index is 0.0109. The van der Waals surface area contributed by atoms with Gasteiger partial charge in [0.05, 0.1) is 5.71 Å². The standard InChI is InChI=1S/C19H20ClN3O3/c1-12-15(20)7-5-8-16(12)21-18(25)10-11-19(26)23-22-13(2)14-6-3-4-9-17(14)24/h3-9,24H,10-11H2,1-2H3,(H,21,25)(H,23,26)/b22-13-. The van der Waals surface area contributed by atoms with E-state index < -0.39 is 5.91 Å². The van der Waals surface area contributed by atoms with Crippen molar-refractivity contribution in [1.29, 1.82) is 0 Å². The fourth-order valence-electron chi connectivity index (χ4n) is 2.22. The summed E-state index contributed by atoms with van der Waals surface area (Å²) in [6.45, 7) is 3.48. The Morgan fingerprint density at radius 3 is 2.50 bits per heavy atom. The van der Waals surface area contributed by atoms with Gasteiger partial charge in [-0.15, -0.1) is 0 Å². The number of carbonyl (C=O) groups is 2. The summed E-state index contributed by atoms with van der Waals surface area (Å²) in [4.78, 5) is 23.8. The molecule has 136 valence electrons. The van der Waals surface area contributed by atoms with Crippen molar-refractivity contribution >= 4 is 34.8 Å². The van der Waals surface area contributed by atoms with Crippen LogP contribution < -0.4 is 10.7 Å². The molecule has 0 fully saturated rings. The molecule has 2 aromatic rings. The smallest absolute Gasteiger partial charge is 0.240 e. The number of hydrazone groups is 1. The molecule has 0 bridgehead atoms. The largest absolute Gasteiger partial charge is 0.507 e. The number of rotatable bonds is 6. The van der Waals surface area contributed by atoms with Crippen molar-refractivity contribution in [2.45, 2.75) is 26.7 Å². The van der Waals surface area contributed by atoms with Crippen molar-refractivity contribution in [3.8, 4) is 5.75 Å². The van der Waals surface area contributed by atoms with E-state index in [1.54, 1.807) is 56.3 Å². The van der Waals surface area contributed by atoms with Crippen molar-refractivity contribution in [2.75, 3.05) is 5.32 Å². The van der Waals surface area contributed by atoms with Crippen LogP contribution in [0.1, 0.15) is 30.9 Å². The number of carbonyl (C=O) groups excluding carboxylic acids is 2. The van der Waals surface area contributed by atoms with Gasteiger partial charge in [0, 0.05) is 29.1 Å². The molecule has 0 aliphatic heterocycles. The van der Waals surface area contributed by atoms with Crippen molar-refractivity contribution in [1.82, 2.24) is 5.43 Å². The summed E-state index contributed by atoms with van der Waals surface area (Å²) in [5.41, 5.74) is 4.78. The van der Waals surface area contributed by atoms with Gasteiger partial charge < -0.3 is 10.4 Å². The number of nitrogens with zero attached hydrogens (tertiary/aromatic N) is 1. The summed E-state index contributed by atoms with van der Waals surface area (Å²) in [6.07, 6.45) is 0.00589. The lowest BCUT2D eigenvalue weighted by Gasteiger charge is -2.09. The van der Waals surface area contributed by atoms with Gasteiger partial charge in [-0.25, -0.2) is 5.43 Å². The average molecular weight is 374 g/mol. The molecule has 2 rings (SSSR count). The molecule has 2 amide bonds. The minimum atomic E-state index is -0.391. The van der Waals surface area contributed by atoms with Crippen molar-refractivity contribution in [3.63, 3.8) is 0 Å². The number of anilines is 1. The molecule has 6 nitrogen and oxygen atoms in total. The summed E-state index contributed by atoms with van der Waals surface area (Å²) in [5.74, 6) is -0.594. The second kappa shape index (κ2) is 9.01. The van der Waals surface area contributed by atoms with Crippen LogP contribution in [0.2, 0.25) is 5.02 Å². The number of para-hydroxylation sites is 1. The minimum Gasteiger partial charge on any atom is -0.507 e. The van der Waals surface area contributed by atoms with E-state index in [1.165, 1.54) is 0 Å².